The first-order valence-corrected chi connectivity index (χ1v) is 8.85. The van der Waals surface area contributed by atoms with Gasteiger partial charge in [-0.15, -0.1) is 0 Å². The molecule has 2 aromatic rings. The number of amides is 1. The topological polar surface area (TPSA) is 66.0 Å². The molecule has 0 fully saturated rings. The second kappa shape index (κ2) is 8.97. The van der Waals surface area contributed by atoms with Crippen molar-refractivity contribution in [2.45, 2.75) is 19.5 Å². The van der Waals surface area contributed by atoms with Crippen LogP contribution in [0.15, 0.2) is 30.3 Å². The molecule has 0 radical (unpaired) electrons. The predicted molar refractivity (Wildman–Crippen MR) is 99.0 cm³/mol. The summed E-state index contributed by atoms with van der Waals surface area (Å²) in [5.74, 6) is 0.553. The fraction of sp³-hybridized carbons (Fsp3) is 0.316. The lowest BCUT2D eigenvalue weighted by Gasteiger charge is -2.13. The highest BCUT2D eigenvalue weighted by Gasteiger charge is 2.17. The van der Waals surface area contributed by atoms with Gasteiger partial charge in [-0.1, -0.05) is 11.6 Å². The van der Waals surface area contributed by atoms with E-state index in [0.29, 0.717) is 41.0 Å². The molecule has 2 aromatic carbocycles. The van der Waals surface area contributed by atoms with Crippen LogP contribution in [0, 0.1) is 0 Å². The summed E-state index contributed by atoms with van der Waals surface area (Å²) < 4.78 is 45.6. The maximum Gasteiger partial charge on any atom is 0.387 e. The van der Waals surface area contributed by atoms with Crippen molar-refractivity contribution in [3.8, 4) is 23.0 Å². The predicted octanol–water partition coefficient (Wildman–Crippen LogP) is 4.29. The summed E-state index contributed by atoms with van der Waals surface area (Å²) >= 11 is 6.23. The van der Waals surface area contributed by atoms with Gasteiger partial charge in [0.2, 0.25) is 5.91 Å². The van der Waals surface area contributed by atoms with Crippen LogP contribution in [0.1, 0.15) is 12.0 Å². The van der Waals surface area contributed by atoms with Crippen LogP contribution < -0.4 is 24.3 Å². The van der Waals surface area contributed by atoms with Crippen molar-refractivity contribution in [3.63, 3.8) is 0 Å². The molecule has 9 heteroatoms. The highest BCUT2D eigenvalue weighted by molar-refractivity contribution is 6.32. The van der Waals surface area contributed by atoms with Gasteiger partial charge in [0.25, 0.3) is 0 Å². The fourth-order valence-corrected chi connectivity index (χ4v) is 3.01. The van der Waals surface area contributed by atoms with E-state index in [4.69, 9.17) is 25.8 Å². The first-order valence-electron chi connectivity index (χ1n) is 8.47. The van der Waals surface area contributed by atoms with Gasteiger partial charge in [0.05, 0.1) is 31.8 Å². The third-order valence-electron chi connectivity index (χ3n) is 3.89. The fourth-order valence-electron chi connectivity index (χ4n) is 2.72. The normalized spacial score (nSPS) is 13.0. The zero-order valence-electron chi connectivity index (χ0n) is 15.0. The first kappa shape index (κ1) is 20.0. The SMILES string of the molecule is COc1ccc(NC(=O)Cc2cc(Cl)c3c(c2)OCCCO3)cc1OC(F)F. The lowest BCUT2D eigenvalue weighted by Crippen LogP contribution is -2.15. The van der Waals surface area contributed by atoms with Gasteiger partial charge >= 0.3 is 6.61 Å². The Balaban J connectivity index is 1.72. The number of alkyl halides is 2. The molecule has 1 N–H and O–H groups in total. The van der Waals surface area contributed by atoms with E-state index < -0.39 is 6.61 Å². The number of nitrogens with one attached hydrogen (secondary N) is 1. The van der Waals surface area contributed by atoms with E-state index in [1.54, 1.807) is 12.1 Å². The molecule has 1 aliphatic rings. The third kappa shape index (κ3) is 4.95. The van der Waals surface area contributed by atoms with Gasteiger partial charge in [-0.2, -0.15) is 8.78 Å². The van der Waals surface area contributed by atoms with Crippen molar-refractivity contribution < 1.29 is 32.5 Å². The molecule has 1 aliphatic heterocycles. The molecule has 0 unspecified atom stereocenters. The number of anilines is 1. The zero-order valence-corrected chi connectivity index (χ0v) is 15.7. The van der Waals surface area contributed by atoms with Crippen LogP contribution in [0.5, 0.6) is 23.0 Å². The smallest absolute Gasteiger partial charge is 0.387 e. The van der Waals surface area contributed by atoms with Crippen molar-refractivity contribution >= 4 is 23.2 Å². The summed E-state index contributed by atoms with van der Waals surface area (Å²) in [7, 11) is 1.33. The Hall–Kier alpha value is -2.74. The summed E-state index contributed by atoms with van der Waals surface area (Å²) in [6.07, 6.45) is 0.745. The lowest BCUT2D eigenvalue weighted by molar-refractivity contribution is -0.115. The maximum absolute atomic E-state index is 12.5. The second-order valence-electron chi connectivity index (χ2n) is 5.92. The quantitative estimate of drug-likeness (QED) is 0.765. The number of benzene rings is 2. The minimum Gasteiger partial charge on any atom is -0.493 e. The maximum atomic E-state index is 12.5. The number of carbonyl (C=O) groups excluding carboxylic acids is 1. The summed E-state index contributed by atoms with van der Waals surface area (Å²) in [6, 6.07) is 7.55. The Bertz CT molecular complexity index is 862. The van der Waals surface area contributed by atoms with Crippen LogP contribution in [0.4, 0.5) is 14.5 Å². The number of rotatable bonds is 6. The van der Waals surface area contributed by atoms with Crippen LogP contribution in [0.25, 0.3) is 0 Å². The van der Waals surface area contributed by atoms with Crippen molar-refractivity contribution in [1.82, 2.24) is 0 Å². The summed E-state index contributed by atoms with van der Waals surface area (Å²) in [6.45, 7) is -2.01. The molecule has 1 heterocycles. The molecule has 1 amide bonds. The molecule has 0 spiro atoms. The molecule has 3 rings (SSSR count). The minimum absolute atomic E-state index is 0.00737. The largest absolute Gasteiger partial charge is 0.493 e. The van der Waals surface area contributed by atoms with Gasteiger partial charge in [-0.25, -0.2) is 0 Å². The monoisotopic (exact) mass is 413 g/mol. The van der Waals surface area contributed by atoms with Gasteiger partial charge in [-0.3, -0.25) is 4.79 Å². The Kier molecular flexibility index (Phi) is 6.41. The van der Waals surface area contributed by atoms with E-state index in [1.165, 1.54) is 25.3 Å². The van der Waals surface area contributed by atoms with Crippen LogP contribution >= 0.6 is 11.6 Å². The van der Waals surface area contributed by atoms with Gasteiger partial charge in [0, 0.05) is 18.2 Å². The van der Waals surface area contributed by atoms with Crippen molar-refractivity contribution in [1.29, 1.82) is 0 Å². The molecule has 0 atom stereocenters. The number of ether oxygens (including phenoxy) is 4. The van der Waals surface area contributed by atoms with Gasteiger partial charge < -0.3 is 24.3 Å². The van der Waals surface area contributed by atoms with E-state index in [9.17, 15) is 13.6 Å². The van der Waals surface area contributed by atoms with Gasteiger partial charge in [0.15, 0.2) is 23.0 Å². The van der Waals surface area contributed by atoms with Crippen LogP contribution in [0.3, 0.4) is 0 Å². The molecule has 150 valence electrons. The summed E-state index contributed by atoms with van der Waals surface area (Å²) in [5.41, 5.74) is 0.922. The number of hydrogen-bond acceptors (Lipinski definition) is 5. The molecular weight excluding hydrogens is 396 g/mol. The summed E-state index contributed by atoms with van der Waals surface area (Å²) in [5, 5.41) is 2.99. The first-order chi connectivity index (χ1) is 13.5. The number of carbonyl (C=O) groups is 1. The van der Waals surface area contributed by atoms with Crippen LogP contribution in [-0.2, 0) is 11.2 Å². The van der Waals surface area contributed by atoms with E-state index in [0.717, 1.165) is 6.42 Å². The highest BCUT2D eigenvalue weighted by Crippen LogP contribution is 2.38. The molecular formula is C19H18ClF2NO5. The molecule has 0 saturated carbocycles. The van der Waals surface area contributed by atoms with Crippen molar-refractivity contribution in [2.75, 3.05) is 25.6 Å². The van der Waals surface area contributed by atoms with Crippen LogP contribution in [0.2, 0.25) is 5.02 Å². The Morgan fingerprint density at radius 2 is 2.00 bits per heavy atom. The van der Waals surface area contributed by atoms with E-state index in [1.807, 2.05) is 0 Å². The Morgan fingerprint density at radius 3 is 2.75 bits per heavy atom. The number of halogens is 3. The number of methoxy groups -OCH3 is 1. The molecule has 0 aromatic heterocycles. The third-order valence-corrected chi connectivity index (χ3v) is 4.17. The molecule has 6 nitrogen and oxygen atoms in total. The Morgan fingerprint density at radius 1 is 1.21 bits per heavy atom. The average Bonchev–Trinajstić information content (AvgIpc) is 2.87. The molecule has 0 bridgehead atoms. The van der Waals surface area contributed by atoms with E-state index in [-0.39, 0.29) is 23.8 Å². The van der Waals surface area contributed by atoms with E-state index in [2.05, 4.69) is 10.1 Å². The summed E-state index contributed by atoms with van der Waals surface area (Å²) in [4.78, 5) is 12.4. The van der Waals surface area contributed by atoms with Crippen LogP contribution in [-0.4, -0.2) is 32.8 Å². The number of fused-ring (bicyclic) bond motifs is 1. The standard InChI is InChI=1S/C19H18ClF2NO5/c1-25-14-4-3-12(10-15(14)28-19(21)22)23-17(24)9-11-7-13(20)18-16(8-11)26-5-2-6-27-18/h3-4,7-8,10,19H,2,5-6,9H2,1H3,(H,23,24). The zero-order chi connectivity index (χ0) is 20.1. The molecule has 0 saturated heterocycles. The van der Waals surface area contributed by atoms with Crippen molar-refractivity contribution in [3.05, 3.63) is 40.9 Å². The lowest BCUT2D eigenvalue weighted by atomic mass is 10.1. The minimum atomic E-state index is -3.01. The average molecular weight is 414 g/mol. The van der Waals surface area contributed by atoms with Gasteiger partial charge in [0.1, 0.15) is 0 Å². The van der Waals surface area contributed by atoms with Crippen molar-refractivity contribution in [2.24, 2.45) is 0 Å². The molecule has 0 aliphatic carbocycles. The van der Waals surface area contributed by atoms with E-state index >= 15 is 0 Å². The number of hydrogen-bond donors (Lipinski definition) is 1. The Labute approximate surface area is 165 Å². The highest BCUT2D eigenvalue weighted by atomic mass is 35.5. The second-order valence-corrected chi connectivity index (χ2v) is 6.33. The molecule has 28 heavy (non-hydrogen) atoms. The van der Waals surface area contributed by atoms with Gasteiger partial charge in [-0.05, 0) is 29.8 Å².